The highest BCUT2D eigenvalue weighted by atomic mass is 19.4. The van der Waals surface area contributed by atoms with E-state index in [1.165, 1.54) is 6.92 Å². The third-order valence-electron chi connectivity index (χ3n) is 8.87. The molecule has 3 N–H and O–H groups in total. The highest BCUT2D eigenvalue weighted by Crippen LogP contribution is 2.53. The first-order valence-electron chi connectivity index (χ1n) is 13.6. The molecule has 0 radical (unpaired) electrons. The number of nitrogens with one attached hydrogen (secondary N) is 2. The van der Waals surface area contributed by atoms with Crippen LogP contribution in [0.1, 0.15) is 75.5 Å². The van der Waals surface area contributed by atoms with Gasteiger partial charge in [0.15, 0.2) is 0 Å². The van der Waals surface area contributed by atoms with Crippen molar-refractivity contribution in [2.45, 2.75) is 89.2 Å². The van der Waals surface area contributed by atoms with E-state index in [-0.39, 0.29) is 24.9 Å². The van der Waals surface area contributed by atoms with Crippen molar-refractivity contribution in [2.75, 3.05) is 25.5 Å². The highest BCUT2D eigenvalue weighted by molar-refractivity contribution is 6.07. The van der Waals surface area contributed by atoms with Gasteiger partial charge in [0.05, 0.1) is 24.0 Å². The van der Waals surface area contributed by atoms with E-state index in [4.69, 9.17) is 9.73 Å². The average molecular weight is 553 g/mol. The Morgan fingerprint density at radius 3 is 2.49 bits per heavy atom. The van der Waals surface area contributed by atoms with E-state index in [1.54, 1.807) is 12.0 Å². The summed E-state index contributed by atoms with van der Waals surface area (Å²) in [6, 6.07) is 1.82. The first kappa shape index (κ1) is 27.7. The molecular formula is C28H36F4N4O3. The molecule has 5 rings (SSSR count). The second-order valence-electron chi connectivity index (χ2n) is 11.4. The van der Waals surface area contributed by atoms with Gasteiger partial charge >= 0.3 is 6.18 Å². The minimum absolute atomic E-state index is 0.0464. The number of allylic oxidation sites excluding steroid dienone is 1. The number of anilines is 1. The normalized spacial score (nSPS) is 25.9. The molecule has 1 saturated heterocycles. The van der Waals surface area contributed by atoms with Crippen molar-refractivity contribution < 1.29 is 32.2 Å². The van der Waals surface area contributed by atoms with E-state index in [0.29, 0.717) is 67.9 Å². The van der Waals surface area contributed by atoms with Crippen LogP contribution in [0.3, 0.4) is 0 Å². The fourth-order valence-electron chi connectivity index (χ4n) is 6.51. The van der Waals surface area contributed by atoms with Gasteiger partial charge in [-0.25, -0.2) is 9.38 Å². The molecule has 2 fully saturated rings. The molecule has 0 bridgehead atoms. The number of likely N-dealkylation sites (tertiary alicyclic amines) is 1. The van der Waals surface area contributed by atoms with Crippen LogP contribution in [0.2, 0.25) is 0 Å². The van der Waals surface area contributed by atoms with Crippen molar-refractivity contribution in [1.29, 1.82) is 0 Å². The van der Waals surface area contributed by atoms with Crippen LogP contribution < -0.4 is 15.4 Å². The summed E-state index contributed by atoms with van der Waals surface area (Å²) >= 11 is 0. The Morgan fingerprint density at radius 1 is 1.26 bits per heavy atom. The molecule has 1 amide bonds. The third kappa shape index (κ3) is 4.87. The number of alkyl halides is 3. The smallest absolute Gasteiger partial charge is 0.415 e. The predicted octanol–water partition coefficient (Wildman–Crippen LogP) is 5.06. The number of carbonyl (C=O) groups is 1. The molecule has 1 aromatic rings. The molecule has 39 heavy (non-hydrogen) atoms. The van der Waals surface area contributed by atoms with Gasteiger partial charge in [0.1, 0.15) is 23.6 Å². The van der Waals surface area contributed by atoms with Gasteiger partial charge in [-0.15, -0.1) is 0 Å². The monoisotopic (exact) mass is 552 g/mol. The molecule has 0 aromatic heterocycles. The predicted molar refractivity (Wildman–Crippen MR) is 139 cm³/mol. The van der Waals surface area contributed by atoms with Gasteiger partial charge in [0.2, 0.25) is 5.91 Å². The van der Waals surface area contributed by atoms with E-state index in [9.17, 15) is 23.1 Å². The maximum atomic E-state index is 15.3. The largest absolute Gasteiger partial charge is 0.496 e. The number of hydrogen-bond acceptors (Lipinski definition) is 6. The molecule has 7 nitrogen and oxygen atoms in total. The van der Waals surface area contributed by atoms with Crippen LogP contribution in [-0.4, -0.2) is 59.8 Å². The second-order valence-corrected chi connectivity index (χ2v) is 11.4. The van der Waals surface area contributed by atoms with Gasteiger partial charge in [-0.3, -0.25) is 4.79 Å². The van der Waals surface area contributed by atoms with Gasteiger partial charge in [-0.2, -0.15) is 13.2 Å². The fraction of sp³-hybridized carbons (Fsp3) is 0.643. The molecule has 0 spiro atoms. The molecule has 1 aromatic carbocycles. The number of aliphatic hydroxyl groups is 1. The van der Waals surface area contributed by atoms with E-state index in [2.05, 4.69) is 10.6 Å². The first-order valence-corrected chi connectivity index (χ1v) is 13.6. The molecule has 1 saturated carbocycles. The first-order chi connectivity index (χ1) is 18.3. The lowest BCUT2D eigenvalue weighted by molar-refractivity contribution is -0.133. The number of methoxy groups -OCH3 is 1. The molecule has 2 aliphatic heterocycles. The summed E-state index contributed by atoms with van der Waals surface area (Å²) in [6.07, 6.45) is -2.96. The van der Waals surface area contributed by atoms with E-state index in [1.807, 2.05) is 19.9 Å². The summed E-state index contributed by atoms with van der Waals surface area (Å²) in [6.45, 7) is 6.04. The Labute approximate surface area is 225 Å². The van der Waals surface area contributed by atoms with Crippen LogP contribution >= 0.6 is 0 Å². The van der Waals surface area contributed by atoms with Crippen molar-refractivity contribution in [2.24, 2.45) is 10.9 Å². The van der Waals surface area contributed by atoms with Crippen molar-refractivity contribution in [3.63, 3.8) is 0 Å². The van der Waals surface area contributed by atoms with Crippen molar-refractivity contribution in [3.05, 3.63) is 34.2 Å². The van der Waals surface area contributed by atoms with Crippen LogP contribution in [0.5, 0.6) is 5.75 Å². The standard InChI is InChI=1S/C28H36F4N4O3/c1-15-23-18(14-21(24(15)39-4)27(38)10-12-36(13-11-27)17(3)37)25(34-16(2)33-23)35-26(8-9-26)19-6-5-7-20(22(19)29)28(30,31)32/h14,16,19,33,38H,5-13H2,1-4H3,(H,34,35)/t16?,19-/m1/s1. The zero-order valence-corrected chi connectivity index (χ0v) is 22.8. The van der Waals surface area contributed by atoms with Crippen LogP contribution in [0.25, 0.3) is 0 Å². The van der Waals surface area contributed by atoms with Gasteiger partial charge in [-0.05, 0) is 64.9 Å². The SMILES string of the molecule is COc1c(C2(O)CCN(C(C)=O)CC2)cc2c(c1C)NC(C)N=C2NC1([C@@H]2CCCC(C(F)(F)F)=C2F)CC1. The minimum atomic E-state index is -4.68. The average Bonchev–Trinajstić information content (AvgIpc) is 3.64. The van der Waals surface area contributed by atoms with E-state index in [0.717, 1.165) is 11.3 Å². The quantitative estimate of drug-likeness (QED) is 0.455. The number of ether oxygens (including phenoxy) is 1. The Hall–Kier alpha value is -2.82. The number of rotatable bonds is 4. The third-order valence-corrected chi connectivity index (χ3v) is 8.87. The van der Waals surface area contributed by atoms with Gasteiger partial charge in [0, 0.05) is 48.2 Å². The van der Waals surface area contributed by atoms with Gasteiger partial charge in [-0.1, -0.05) is 0 Å². The Bertz CT molecular complexity index is 1230. The number of piperidine rings is 1. The number of benzene rings is 1. The number of amidine groups is 1. The second kappa shape index (κ2) is 9.67. The van der Waals surface area contributed by atoms with E-state index < -0.39 is 34.6 Å². The molecular weight excluding hydrogens is 516 g/mol. The molecule has 11 heteroatoms. The van der Waals surface area contributed by atoms with Crippen LogP contribution in [0.15, 0.2) is 22.5 Å². The summed E-state index contributed by atoms with van der Waals surface area (Å²) in [5.41, 5.74) is -0.392. The zero-order chi connectivity index (χ0) is 28.3. The van der Waals surface area contributed by atoms with Gasteiger partial charge in [0.25, 0.3) is 0 Å². The number of halogens is 4. The van der Waals surface area contributed by atoms with Crippen LogP contribution in [-0.2, 0) is 10.4 Å². The van der Waals surface area contributed by atoms with Crippen LogP contribution in [0.4, 0.5) is 23.2 Å². The van der Waals surface area contributed by atoms with Crippen molar-refractivity contribution >= 4 is 17.4 Å². The maximum absolute atomic E-state index is 15.3. The highest BCUT2D eigenvalue weighted by Gasteiger charge is 2.55. The number of amides is 1. The number of nitrogens with zero attached hydrogens (tertiary/aromatic N) is 2. The Morgan fingerprint density at radius 2 is 1.92 bits per heavy atom. The summed E-state index contributed by atoms with van der Waals surface area (Å²) in [5.74, 6) is -0.976. The molecule has 2 atom stereocenters. The lowest BCUT2D eigenvalue weighted by Gasteiger charge is -2.40. The molecule has 2 aliphatic carbocycles. The summed E-state index contributed by atoms with van der Waals surface area (Å²) in [7, 11) is 1.54. The summed E-state index contributed by atoms with van der Waals surface area (Å²) < 4.78 is 61.6. The van der Waals surface area contributed by atoms with Crippen molar-refractivity contribution in [1.82, 2.24) is 10.2 Å². The van der Waals surface area contributed by atoms with Gasteiger partial charge < -0.3 is 25.4 Å². The zero-order valence-electron chi connectivity index (χ0n) is 22.8. The number of aliphatic imine (C=N–C) groups is 1. The summed E-state index contributed by atoms with van der Waals surface area (Å²) in [5, 5.41) is 18.5. The fourth-order valence-corrected chi connectivity index (χ4v) is 6.51. The molecule has 4 aliphatic rings. The topological polar surface area (TPSA) is 86.2 Å². The van der Waals surface area contributed by atoms with Crippen LogP contribution in [0, 0.1) is 12.8 Å². The summed E-state index contributed by atoms with van der Waals surface area (Å²) in [4.78, 5) is 18.3. The maximum Gasteiger partial charge on any atom is 0.415 e. The molecule has 2 heterocycles. The van der Waals surface area contributed by atoms with Crippen molar-refractivity contribution in [3.8, 4) is 5.75 Å². The lowest BCUT2D eigenvalue weighted by atomic mass is 9.80. The minimum Gasteiger partial charge on any atom is -0.496 e. The Kier molecular flexibility index (Phi) is 6.88. The molecule has 1 unspecified atom stereocenters. The lowest BCUT2D eigenvalue weighted by Crippen LogP contribution is -2.47. The number of carbonyl (C=O) groups excluding carboxylic acids is 1. The molecule has 214 valence electrons. The number of fused-ring (bicyclic) bond motifs is 1. The Balaban J connectivity index is 1.52. The number of hydrogen-bond donors (Lipinski definition) is 3. The van der Waals surface area contributed by atoms with E-state index >= 15 is 4.39 Å².